The largest absolute Gasteiger partial charge is 0.870 e. The summed E-state index contributed by atoms with van der Waals surface area (Å²) in [6, 6.07) is 10.0. The van der Waals surface area contributed by atoms with E-state index in [1.54, 1.807) is 0 Å². The quantitative estimate of drug-likeness (QED) is 0.773. The predicted octanol–water partition coefficient (Wildman–Crippen LogP) is 1.64. The van der Waals surface area contributed by atoms with Crippen molar-refractivity contribution >= 4 is 0 Å². The molecule has 0 fully saturated rings. The summed E-state index contributed by atoms with van der Waals surface area (Å²) in [6.45, 7) is 2.07. The van der Waals surface area contributed by atoms with E-state index in [1.165, 1.54) is 0 Å². The molecule has 0 spiro atoms. The lowest BCUT2D eigenvalue weighted by atomic mass is 10.0. The first kappa shape index (κ1) is 14.1. The van der Waals surface area contributed by atoms with Crippen LogP contribution in [0.25, 0.3) is 0 Å². The van der Waals surface area contributed by atoms with Crippen molar-refractivity contribution in [2.24, 2.45) is 0 Å². The summed E-state index contributed by atoms with van der Waals surface area (Å²) in [5, 5.41) is 10.1. The molecule has 0 aliphatic heterocycles. The van der Waals surface area contributed by atoms with Gasteiger partial charge < -0.3 is 15.1 Å². The van der Waals surface area contributed by atoms with Gasteiger partial charge in [-0.3, -0.25) is 0 Å². The van der Waals surface area contributed by atoms with Crippen LogP contribution >= 0.6 is 0 Å². The Morgan fingerprint density at radius 2 is 1.53 bits per heavy atom. The molecule has 1 aromatic carbocycles. The van der Waals surface area contributed by atoms with E-state index in [0.717, 1.165) is 10.0 Å². The molecule has 0 aliphatic rings. The second kappa shape index (κ2) is 5.26. The van der Waals surface area contributed by atoms with Crippen LogP contribution in [0.2, 0.25) is 0 Å². The van der Waals surface area contributed by atoms with Gasteiger partial charge in [-0.25, -0.2) is 0 Å². The molecule has 0 aromatic heterocycles. The van der Waals surface area contributed by atoms with Crippen LogP contribution in [-0.4, -0.2) is 42.3 Å². The van der Waals surface area contributed by atoms with Gasteiger partial charge in [-0.15, -0.1) is 0 Å². The van der Waals surface area contributed by atoms with Gasteiger partial charge in [0.1, 0.15) is 12.1 Å². The molecule has 0 saturated carbocycles. The molecule has 0 saturated heterocycles. The summed E-state index contributed by atoms with van der Waals surface area (Å²) < 4.78 is 0.760. The molecule has 0 amide bonds. The van der Waals surface area contributed by atoms with E-state index in [9.17, 15) is 5.11 Å². The number of quaternary nitrogens is 1. The minimum atomic E-state index is -0.392. The molecule has 0 radical (unpaired) electrons. The second-order valence-electron chi connectivity index (χ2n) is 4.71. The highest BCUT2D eigenvalue weighted by Crippen LogP contribution is 2.21. The Hall–Kier alpha value is -0.900. The fourth-order valence-corrected chi connectivity index (χ4v) is 1.35. The molecule has 0 bridgehead atoms. The number of benzene rings is 1. The number of likely N-dealkylation sites (N-methyl/N-ethyl adjacent to an activating group) is 1. The van der Waals surface area contributed by atoms with Crippen molar-refractivity contribution in [2.75, 3.05) is 21.1 Å². The average Bonchev–Trinajstić information content (AvgIpc) is 2.15. The number of nitrogens with zero attached hydrogens (tertiary/aromatic N) is 1. The average molecular weight is 211 g/mol. The van der Waals surface area contributed by atoms with E-state index < -0.39 is 6.10 Å². The lowest BCUT2D eigenvalue weighted by Crippen LogP contribution is -2.46. The summed E-state index contributed by atoms with van der Waals surface area (Å²) in [5.74, 6) is 0. The molecule has 86 valence electrons. The molecular weight excluding hydrogens is 190 g/mol. The number of aliphatic hydroxyl groups excluding tert-OH is 1. The van der Waals surface area contributed by atoms with E-state index in [-0.39, 0.29) is 11.5 Å². The summed E-state index contributed by atoms with van der Waals surface area (Å²) in [6.07, 6.45) is -0.392. The molecule has 0 aliphatic carbocycles. The van der Waals surface area contributed by atoms with Crippen molar-refractivity contribution in [1.82, 2.24) is 0 Å². The van der Waals surface area contributed by atoms with Gasteiger partial charge in [0.05, 0.1) is 21.1 Å². The molecule has 15 heavy (non-hydrogen) atoms. The minimum absolute atomic E-state index is 0. The van der Waals surface area contributed by atoms with Gasteiger partial charge in [-0.2, -0.15) is 0 Å². The maximum atomic E-state index is 10.1. The zero-order valence-electron chi connectivity index (χ0n) is 9.88. The van der Waals surface area contributed by atoms with Crippen molar-refractivity contribution in [2.45, 2.75) is 19.1 Å². The Balaban J connectivity index is 0.00000196. The molecule has 2 atom stereocenters. The topological polar surface area (TPSA) is 50.2 Å². The molecule has 2 unspecified atom stereocenters. The monoisotopic (exact) mass is 211 g/mol. The van der Waals surface area contributed by atoms with Crippen molar-refractivity contribution in [3.8, 4) is 0 Å². The van der Waals surface area contributed by atoms with Crippen LogP contribution < -0.4 is 0 Å². The van der Waals surface area contributed by atoms with Gasteiger partial charge in [0.25, 0.3) is 0 Å². The van der Waals surface area contributed by atoms with E-state index in [1.807, 2.05) is 30.3 Å². The first-order chi connectivity index (χ1) is 6.43. The first-order valence-corrected chi connectivity index (χ1v) is 4.97. The van der Waals surface area contributed by atoms with Crippen LogP contribution in [0.15, 0.2) is 30.3 Å². The number of rotatable bonds is 3. The first-order valence-electron chi connectivity index (χ1n) is 4.97. The number of hydrogen-bond acceptors (Lipinski definition) is 2. The maximum Gasteiger partial charge on any atom is 0.130 e. The van der Waals surface area contributed by atoms with Gasteiger partial charge in [0.2, 0.25) is 0 Å². The van der Waals surface area contributed by atoms with Crippen LogP contribution in [0.1, 0.15) is 18.6 Å². The zero-order valence-corrected chi connectivity index (χ0v) is 9.88. The van der Waals surface area contributed by atoms with Crippen molar-refractivity contribution in [3.63, 3.8) is 0 Å². The van der Waals surface area contributed by atoms with Gasteiger partial charge >= 0.3 is 0 Å². The highest BCUT2D eigenvalue weighted by atomic mass is 16.3. The molecule has 2 N–H and O–H groups in total. The van der Waals surface area contributed by atoms with Crippen molar-refractivity contribution in [3.05, 3.63) is 35.9 Å². The highest BCUT2D eigenvalue weighted by molar-refractivity contribution is 5.18. The molecule has 1 aromatic rings. The smallest absolute Gasteiger partial charge is 0.130 e. The Morgan fingerprint density at radius 3 is 1.93 bits per heavy atom. The molecular formula is C12H21NO2. The Kier molecular flexibility index (Phi) is 4.94. The Bertz CT molecular complexity index is 279. The van der Waals surface area contributed by atoms with Crippen LogP contribution in [0.4, 0.5) is 0 Å². The number of hydrogen-bond donors (Lipinski definition) is 1. The van der Waals surface area contributed by atoms with E-state index in [4.69, 9.17) is 0 Å². The normalized spacial score (nSPS) is 15.3. The van der Waals surface area contributed by atoms with Crippen LogP contribution in [-0.2, 0) is 0 Å². The van der Waals surface area contributed by atoms with Gasteiger partial charge in [0.15, 0.2) is 0 Å². The summed E-state index contributed by atoms with van der Waals surface area (Å²) in [7, 11) is 6.28. The fourth-order valence-electron chi connectivity index (χ4n) is 1.35. The molecule has 3 heteroatoms. The molecule has 0 heterocycles. The third-order valence-electron chi connectivity index (χ3n) is 2.82. The zero-order chi connectivity index (χ0) is 10.8. The molecule has 3 nitrogen and oxygen atoms in total. The number of aliphatic hydroxyl groups is 1. The standard InChI is InChI=1S/C12H20NO.H2O/c1-10(13(2,3)4)12(14)11-8-6-5-7-9-11;/h5-10,12,14H,1-4H3;1H2/q+1;/p-1. The van der Waals surface area contributed by atoms with E-state index in [2.05, 4.69) is 28.1 Å². The molecule has 1 rings (SSSR count). The van der Waals surface area contributed by atoms with Gasteiger partial charge in [0, 0.05) is 0 Å². The lowest BCUT2D eigenvalue weighted by molar-refractivity contribution is -0.898. The van der Waals surface area contributed by atoms with Gasteiger partial charge in [-0.1, -0.05) is 30.3 Å². The summed E-state index contributed by atoms with van der Waals surface area (Å²) >= 11 is 0. The maximum absolute atomic E-state index is 10.1. The van der Waals surface area contributed by atoms with Gasteiger partial charge in [-0.05, 0) is 12.5 Å². The highest BCUT2D eigenvalue weighted by Gasteiger charge is 2.27. The van der Waals surface area contributed by atoms with Crippen molar-refractivity contribution in [1.29, 1.82) is 0 Å². The van der Waals surface area contributed by atoms with E-state index in [0.29, 0.717) is 0 Å². The van der Waals surface area contributed by atoms with Crippen LogP contribution in [0.3, 0.4) is 0 Å². The lowest BCUT2D eigenvalue weighted by Gasteiger charge is -2.34. The predicted molar refractivity (Wildman–Crippen MR) is 60.8 cm³/mol. The Morgan fingerprint density at radius 1 is 1.07 bits per heavy atom. The minimum Gasteiger partial charge on any atom is -0.870 e. The second-order valence-corrected chi connectivity index (χ2v) is 4.71. The van der Waals surface area contributed by atoms with E-state index >= 15 is 0 Å². The van der Waals surface area contributed by atoms with Crippen LogP contribution in [0.5, 0.6) is 0 Å². The Labute approximate surface area is 91.9 Å². The fraction of sp³-hybridized carbons (Fsp3) is 0.500. The summed E-state index contributed by atoms with van der Waals surface area (Å²) in [5.41, 5.74) is 0.994. The third kappa shape index (κ3) is 3.63. The SMILES string of the molecule is CC(C(O)c1ccccc1)[N+](C)(C)C.[OH-]. The van der Waals surface area contributed by atoms with Crippen molar-refractivity contribution < 1.29 is 15.1 Å². The summed E-state index contributed by atoms with van der Waals surface area (Å²) in [4.78, 5) is 0. The third-order valence-corrected chi connectivity index (χ3v) is 2.82. The van der Waals surface area contributed by atoms with Crippen LogP contribution in [0, 0.1) is 0 Å².